The van der Waals surface area contributed by atoms with Gasteiger partial charge in [0.25, 0.3) is 0 Å². The Morgan fingerprint density at radius 1 is 1.38 bits per heavy atom. The highest BCUT2D eigenvalue weighted by Crippen LogP contribution is 2.25. The number of morpholine rings is 1. The summed E-state index contributed by atoms with van der Waals surface area (Å²) in [5, 5.41) is 12.9. The number of nitrogens with zero attached hydrogens (tertiary/aromatic N) is 1. The van der Waals surface area contributed by atoms with E-state index in [1.54, 1.807) is 11.8 Å². The molecule has 21 heavy (non-hydrogen) atoms. The second-order valence-corrected chi connectivity index (χ2v) is 5.25. The van der Waals surface area contributed by atoms with Crippen LogP contribution in [0.1, 0.15) is 25.5 Å². The average Bonchev–Trinajstić information content (AvgIpc) is 2.47. The normalized spacial score (nSPS) is 18.3. The van der Waals surface area contributed by atoms with Gasteiger partial charge in [-0.2, -0.15) is 0 Å². The van der Waals surface area contributed by atoms with Crippen molar-refractivity contribution < 1.29 is 19.0 Å². The zero-order valence-electron chi connectivity index (χ0n) is 12.3. The SMILES string of the molecule is CC(NC(C)c1ccc(F)cc1O)C(=O)N1CCOCC1. The summed E-state index contributed by atoms with van der Waals surface area (Å²) in [5.41, 5.74) is 0.568. The van der Waals surface area contributed by atoms with Crippen LogP contribution >= 0.6 is 0 Å². The maximum absolute atomic E-state index is 13.0. The fourth-order valence-corrected chi connectivity index (χ4v) is 2.48. The quantitative estimate of drug-likeness (QED) is 0.882. The molecule has 0 aromatic heterocycles. The summed E-state index contributed by atoms with van der Waals surface area (Å²) in [7, 11) is 0. The second kappa shape index (κ2) is 6.87. The van der Waals surface area contributed by atoms with E-state index >= 15 is 0 Å². The Morgan fingerprint density at radius 3 is 2.67 bits per heavy atom. The molecule has 2 unspecified atom stereocenters. The highest BCUT2D eigenvalue weighted by molar-refractivity contribution is 5.81. The molecule has 1 aliphatic rings. The van der Waals surface area contributed by atoms with Crippen molar-refractivity contribution in [2.24, 2.45) is 0 Å². The smallest absolute Gasteiger partial charge is 0.239 e. The third-order valence-electron chi connectivity index (χ3n) is 3.65. The van der Waals surface area contributed by atoms with Crippen molar-refractivity contribution in [3.8, 4) is 5.75 Å². The lowest BCUT2D eigenvalue weighted by Crippen LogP contribution is -2.49. The summed E-state index contributed by atoms with van der Waals surface area (Å²) >= 11 is 0. The van der Waals surface area contributed by atoms with E-state index in [9.17, 15) is 14.3 Å². The Labute approximate surface area is 123 Å². The molecule has 116 valence electrons. The van der Waals surface area contributed by atoms with Crippen molar-refractivity contribution in [3.05, 3.63) is 29.6 Å². The molecule has 1 aromatic carbocycles. The highest BCUT2D eigenvalue weighted by atomic mass is 19.1. The molecule has 1 heterocycles. The monoisotopic (exact) mass is 296 g/mol. The summed E-state index contributed by atoms with van der Waals surface area (Å²) in [4.78, 5) is 14.1. The van der Waals surface area contributed by atoms with Crippen molar-refractivity contribution in [1.82, 2.24) is 10.2 Å². The molecule has 2 rings (SSSR count). The van der Waals surface area contributed by atoms with Crippen molar-refractivity contribution in [1.29, 1.82) is 0 Å². The van der Waals surface area contributed by atoms with E-state index in [0.29, 0.717) is 31.9 Å². The Kier molecular flexibility index (Phi) is 5.14. The molecule has 0 bridgehead atoms. The Hall–Kier alpha value is -1.66. The zero-order valence-corrected chi connectivity index (χ0v) is 12.3. The van der Waals surface area contributed by atoms with Crippen LogP contribution in [-0.4, -0.2) is 48.3 Å². The van der Waals surface area contributed by atoms with Crippen molar-refractivity contribution in [2.45, 2.75) is 25.9 Å². The fourth-order valence-electron chi connectivity index (χ4n) is 2.48. The molecule has 6 heteroatoms. The minimum absolute atomic E-state index is 0.00625. The number of nitrogens with one attached hydrogen (secondary N) is 1. The molecule has 0 saturated carbocycles. The molecule has 1 aliphatic heterocycles. The number of halogens is 1. The number of benzene rings is 1. The first-order chi connectivity index (χ1) is 9.99. The van der Waals surface area contributed by atoms with Crippen molar-refractivity contribution in [2.75, 3.05) is 26.3 Å². The Morgan fingerprint density at radius 2 is 2.05 bits per heavy atom. The molecular weight excluding hydrogens is 275 g/mol. The molecule has 2 N–H and O–H groups in total. The lowest BCUT2D eigenvalue weighted by molar-refractivity contribution is -0.137. The van der Waals surface area contributed by atoms with Gasteiger partial charge in [0, 0.05) is 30.8 Å². The Bertz CT molecular complexity index is 504. The van der Waals surface area contributed by atoms with E-state index in [0.717, 1.165) is 6.07 Å². The van der Waals surface area contributed by atoms with Crippen LogP contribution in [0.4, 0.5) is 4.39 Å². The molecule has 0 spiro atoms. The molecule has 1 amide bonds. The molecule has 1 aromatic rings. The third kappa shape index (κ3) is 3.92. The van der Waals surface area contributed by atoms with Crippen LogP contribution in [0.5, 0.6) is 5.75 Å². The number of hydrogen-bond acceptors (Lipinski definition) is 4. The first-order valence-electron chi connectivity index (χ1n) is 7.10. The predicted molar refractivity (Wildman–Crippen MR) is 76.5 cm³/mol. The van der Waals surface area contributed by atoms with Crippen LogP contribution < -0.4 is 5.32 Å². The fraction of sp³-hybridized carbons (Fsp3) is 0.533. The van der Waals surface area contributed by atoms with Gasteiger partial charge in [-0.25, -0.2) is 4.39 Å². The van der Waals surface area contributed by atoms with Gasteiger partial charge in [0.2, 0.25) is 5.91 Å². The van der Waals surface area contributed by atoms with Gasteiger partial charge in [0.1, 0.15) is 11.6 Å². The van der Waals surface area contributed by atoms with E-state index in [2.05, 4.69) is 5.32 Å². The largest absolute Gasteiger partial charge is 0.508 e. The average molecular weight is 296 g/mol. The van der Waals surface area contributed by atoms with Crippen molar-refractivity contribution in [3.63, 3.8) is 0 Å². The first kappa shape index (κ1) is 15.7. The minimum Gasteiger partial charge on any atom is -0.508 e. The van der Waals surface area contributed by atoms with Gasteiger partial charge < -0.3 is 14.7 Å². The molecule has 1 saturated heterocycles. The lowest BCUT2D eigenvalue weighted by atomic mass is 10.1. The van der Waals surface area contributed by atoms with E-state index in [-0.39, 0.29) is 23.7 Å². The van der Waals surface area contributed by atoms with Crippen LogP contribution in [0.3, 0.4) is 0 Å². The molecule has 5 nitrogen and oxygen atoms in total. The van der Waals surface area contributed by atoms with Crippen LogP contribution in [0.25, 0.3) is 0 Å². The molecule has 0 radical (unpaired) electrons. The number of amides is 1. The topological polar surface area (TPSA) is 61.8 Å². The second-order valence-electron chi connectivity index (χ2n) is 5.25. The van der Waals surface area contributed by atoms with E-state index < -0.39 is 5.82 Å². The van der Waals surface area contributed by atoms with Crippen LogP contribution in [0, 0.1) is 5.82 Å². The Balaban J connectivity index is 1.97. The maximum atomic E-state index is 13.0. The standard InChI is InChI=1S/C15H21FN2O3/c1-10(13-4-3-12(16)9-14(13)19)17-11(2)15(20)18-5-7-21-8-6-18/h3-4,9-11,17,19H,5-8H2,1-2H3. The predicted octanol–water partition coefficient (Wildman–Crippen LogP) is 1.43. The zero-order chi connectivity index (χ0) is 15.4. The molecular formula is C15H21FN2O3. The minimum atomic E-state index is -0.485. The van der Waals surface area contributed by atoms with Crippen LogP contribution in [0.15, 0.2) is 18.2 Å². The van der Waals surface area contributed by atoms with Crippen LogP contribution in [-0.2, 0) is 9.53 Å². The number of carbonyl (C=O) groups excluding carboxylic acids is 1. The molecule has 0 aliphatic carbocycles. The summed E-state index contributed by atoms with van der Waals surface area (Å²) in [5.74, 6) is -0.589. The molecule has 1 fully saturated rings. The highest BCUT2D eigenvalue weighted by Gasteiger charge is 2.24. The summed E-state index contributed by atoms with van der Waals surface area (Å²) in [6, 6.07) is 3.24. The number of phenolic OH excluding ortho intramolecular Hbond substituents is 1. The van der Waals surface area contributed by atoms with Crippen molar-refractivity contribution >= 4 is 5.91 Å². The summed E-state index contributed by atoms with van der Waals surface area (Å²) in [6.07, 6.45) is 0. The van der Waals surface area contributed by atoms with Gasteiger partial charge in [-0.1, -0.05) is 6.07 Å². The maximum Gasteiger partial charge on any atom is 0.239 e. The first-order valence-corrected chi connectivity index (χ1v) is 7.10. The summed E-state index contributed by atoms with van der Waals surface area (Å²) < 4.78 is 18.2. The summed E-state index contributed by atoms with van der Waals surface area (Å²) in [6.45, 7) is 5.94. The number of aromatic hydroxyl groups is 1. The number of phenols is 1. The number of ether oxygens (including phenoxy) is 1. The number of hydrogen-bond donors (Lipinski definition) is 2. The molecule has 2 atom stereocenters. The van der Waals surface area contributed by atoms with Gasteiger partial charge in [-0.3, -0.25) is 10.1 Å². The third-order valence-corrected chi connectivity index (χ3v) is 3.65. The van der Waals surface area contributed by atoms with Gasteiger partial charge in [0.15, 0.2) is 0 Å². The van der Waals surface area contributed by atoms with Crippen LogP contribution in [0.2, 0.25) is 0 Å². The lowest BCUT2D eigenvalue weighted by Gasteiger charge is -2.30. The van der Waals surface area contributed by atoms with E-state index in [4.69, 9.17) is 4.74 Å². The van der Waals surface area contributed by atoms with Gasteiger partial charge >= 0.3 is 0 Å². The van der Waals surface area contributed by atoms with Gasteiger partial charge in [0.05, 0.1) is 19.3 Å². The van der Waals surface area contributed by atoms with Gasteiger partial charge in [-0.15, -0.1) is 0 Å². The number of carbonyl (C=O) groups is 1. The van der Waals surface area contributed by atoms with E-state index in [1.807, 2.05) is 6.92 Å². The van der Waals surface area contributed by atoms with Gasteiger partial charge in [-0.05, 0) is 19.9 Å². The van der Waals surface area contributed by atoms with E-state index in [1.165, 1.54) is 12.1 Å². The number of rotatable bonds is 4.